The van der Waals surface area contributed by atoms with Crippen molar-refractivity contribution >= 4 is 17.7 Å². The van der Waals surface area contributed by atoms with Gasteiger partial charge in [-0.05, 0) is 13.0 Å². The molecule has 2 aromatic rings. The highest BCUT2D eigenvalue weighted by molar-refractivity contribution is 5.68. The number of carbonyl (C=O) groups excluding carboxylic acids is 1. The van der Waals surface area contributed by atoms with Gasteiger partial charge in [0, 0.05) is 50.3 Å². The highest BCUT2D eigenvalue weighted by Gasteiger charge is 2.30. The smallest absolute Gasteiger partial charge is 0.410 e. The number of hydrogen-bond acceptors (Lipinski definition) is 9. The highest BCUT2D eigenvalue weighted by Crippen LogP contribution is 2.21. The number of rotatable bonds is 5. The van der Waals surface area contributed by atoms with E-state index in [4.69, 9.17) is 19.9 Å². The Labute approximate surface area is 181 Å². The first kappa shape index (κ1) is 21.1. The van der Waals surface area contributed by atoms with Gasteiger partial charge in [-0.1, -0.05) is 0 Å². The lowest BCUT2D eigenvalue weighted by Crippen LogP contribution is -2.54. The molecule has 1 amide bonds. The molecular formula is C21H28N6O4. The summed E-state index contributed by atoms with van der Waals surface area (Å²) in [7, 11) is 0. The Morgan fingerprint density at radius 3 is 2.71 bits per heavy atom. The van der Waals surface area contributed by atoms with Crippen LogP contribution in [0.4, 0.5) is 16.4 Å². The number of amides is 1. The molecule has 4 rings (SSSR count). The van der Waals surface area contributed by atoms with Gasteiger partial charge in [0.15, 0.2) is 5.75 Å². The minimum absolute atomic E-state index is 0.0482. The van der Waals surface area contributed by atoms with Crippen LogP contribution >= 0.6 is 0 Å². The molecule has 4 heterocycles. The Morgan fingerprint density at radius 1 is 1.23 bits per heavy atom. The normalized spacial score (nSPS) is 19.8. The standard InChI is InChI=1S/C21H28N6O4/c1-15-13-26(21(28)31-17-3-8-29-9-4-17)6-7-27(15)20-24-10-18(11-25-20)30-14-16-2-5-23-12-19(16)22/h2,5,10-12,15,17H,3-4,6-9,13-14,22H2,1H3/t15-/m1/s1. The number of anilines is 2. The second-order valence-corrected chi connectivity index (χ2v) is 7.77. The van der Waals surface area contributed by atoms with Crippen LogP contribution in [0.5, 0.6) is 5.75 Å². The third kappa shape index (κ3) is 5.32. The molecule has 0 unspecified atom stereocenters. The molecule has 31 heavy (non-hydrogen) atoms. The number of aromatic nitrogens is 3. The van der Waals surface area contributed by atoms with Gasteiger partial charge in [-0.2, -0.15) is 0 Å². The van der Waals surface area contributed by atoms with Gasteiger partial charge in [0.2, 0.25) is 5.95 Å². The average Bonchev–Trinajstić information content (AvgIpc) is 2.79. The molecule has 0 aliphatic carbocycles. The fraction of sp³-hybridized carbons (Fsp3) is 0.524. The molecule has 0 aromatic carbocycles. The Morgan fingerprint density at radius 2 is 2.00 bits per heavy atom. The van der Waals surface area contributed by atoms with Crippen molar-refractivity contribution in [1.82, 2.24) is 19.9 Å². The molecule has 0 bridgehead atoms. The molecule has 2 aliphatic heterocycles. The van der Waals surface area contributed by atoms with Gasteiger partial charge in [0.05, 0.1) is 37.5 Å². The zero-order valence-corrected chi connectivity index (χ0v) is 17.6. The summed E-state index contributed by atoms with van der Waals surface area (Å²) < 4.78 is 16.7. The van der Waals surface area contributed by atoms with Crippen LogP contribution < -0.4 is 15.4 Å². The van der Waals surface area contributed by atoms with Gasteiger partial charge >= 0.3 is 6.09 Å². The number of piperazine rings is 1. The molecule has 2 saturated heterocycles. The lowest BCUT2D eigenvalue weighted by atomic mass is 10.1. The predicted molar refractivity (Wildman–Crippen MR) is 114 cm³/mol. The Bertz CT molecular complexity index is 874. The Balaban J connectivity index is 1.29. The van der Waals surface area contributed by atoms with Gasteiger partial charge in [-0.15, -0.1) is 0 Å². The summed E-state index contributed by atoms with van der Waals surface area (Å²) in [5.74, 6) is 1.17. The van der Waals surface area contributed by atoms with Crippen LogP contribution in [0, 0.1) is 0 Å². The molecule has 0 saturated carbocycles. The quantitative estimate of drug-likeness (QED) is 0.761. The third-order valence-electron chi connectivity index (χ3n) is 5.53. The zero-order valence-electron chi connectivity index (χ0n) is 17.6. The zero-order chi connectivity index (χ0) is 21.6. The second kappa shape index (κ2) is 9.78. The van der Waals surface area contributed by atoms with E-state index >= 15 is 0 Å². The van der Waals surface area contributed by atoms with Crippen LogP contribution in [0.3, 0.4) is 0 Å². The molecule has 2 aromatic heterocycles. The van der Waals surface area contributed by atoms with Gasteiger partial charge in [0.25, 0.3) is 0 Å². The average molecular weight is 428 g/mol. The van der Waals surface area contributed by atoms with Crippen molar-refractivity contribution in [1.29, 1.82) is 0 Å². The maximum absolute atomic E-state index is 12.5. The first-order chi connectivity index (χ1) is 15.1. The van der Waals surface area contributed by atoms with Crippen molar-refractivity contribution in [3.05, 3.63) is 36.4 Å². The van der Waals surface area contributed by atoms with E-state index in [1.165, 1.54) is 0 Å². The summed E-state index contributed by atoms with van der Waals surface area (Å²) >= 11 is 0. The summed E-state index contributed by atoms with van der Waals surface area (Å²) in [5, 5.41) is 0. The van der Waals surface area contributed by atoms with E-state index in [1.54, 1.807) is 29.7 Å². The van der Waals surface area contributed by atoms with Crippen molar-refractivity contribution in [2.45, 2.75) is 38.5 Å². The van der Waals surface area contributed by atoms with Gasteiger partial charge < -0.3 is 29.7 Å². The molecule has 2 aliphatic rings. The third-order valence-corrected chi connectivity index (χ3v) is 5.53. The lowest BCUT2D eigenvalue weighted by Gasteiger charge is -2.39. The minimum Gasteiger partial charge on any atom is -0.486 e. The molecule has 2 fully saturated rings. The van der Waals surface area contributed by atoms with E-state index in [0.29, 0.717) is 56.8 Å². The van der Waals surface area contributed by atoms with Gasteiger partial charge in [0.1, 0.15) is 12.7 Å². The summed E-state index contributed by atoms with van der Waals surface area (Å²) in [6, 6.07) is 1.89. The predicted octanol–water partition coefficient (Wildman–Crippen LogP) is 1.86. The Kier molecular flexibility index (Phi) is 6.66. The van der Waals surface area contributed by atoms with E-state index in [9.17, 15) is 4.79 Å². The highest BCUT2D eigenvalue weighted by atomic mass is 16.6. The van der Waals surface area contributed by atoms with E-state index in [1.807, 2.05) is 13.0 Å². The van der Waals surface area contributed by atoms with E-state index in [0.717, 1.165) is 18.4 Å². The Hall–Kier alpha value is -3.14. The van der Waals surface area contributed by atoms with Crippen molar-refractivity contribution in [3.8, 4) is 5.75 Å². The van der Waals surface area contributed by atoms with Crippen molar-refractivity contribution < 1.29 is 19.0 Å². The molecule has 10 heteroatoms. The van der Waals surface area contributed by atoms with Crippen molar-refractivity contribution in [2.75, 3.05) is 43.5 Å². The number of pyridine rings is 1. The lowest BCUT2D eigenvalue weighted by molar-refractivity contribution is -0.0115. The van der Waals surface area contributed by atoms with Gasteiger partial charge in [-0.3, -0.25) is 4.98 Å². The van der Waals surface area contributed by atoms with Crippen LogP contribution in [-0.4, -0.2) is 70.9 Å². The maximum atomic E-state index is 12.5. The van der Waals surface area contributed by atoms with E-state index < -0.39 is 0 Å². The van der Waals surface area contributed by atoms with Crippen molar-refractivity contribution in [2.24, 2.45) is 0 Å². The summed E-state index contributed by atoms with van der Waals surface area (Å²) in [5.41, 5.74) is 7.33. The molecule has 2 N–H and O–H groups in total. The maximum Gasteiger partial charge on any atom is 0.410 e. The van der Waals surface area contributed by atoms with Crippen LogP contribution in [0.1, 0.15) is 25.3 Å². The molecule has 10 nitrogen and oxygen atoms in total. The number of nitrogens with two attached hydrogens (primary N) is 1. The number of hydrogen-bond donors (Lipinski definition) is 1. The molecular weight excluding hydrogens is 400 g/mol. The first-order valence-electron chi connectivity index (χ1n) is 10.5. The van der Waals surface area contributed by atoms with Crippen molar-refractivity contribution in [3.63, 3.8) is 0 Å². The molecule has 166 valence electrons. The molecule has 0 spiro atoms. The van der Waals surface area contributed by atoms with Crippen LogP contribution in [-0.2, 0) is 16.1 Å². The summed E-state index contributed by atoms with van der Waals surface area (Å²) in [6.45, 7) is 5.43. The van der Waals surface area contributed by atoms with E-state index in [2.05, 4.69) is 19.9 Å². The number of ether oxygens (including phenoxy) is 3. The largest absolute Gasteiger partial charge is 0.486 e. The topological polar surface area (TPSA) is 116 Å². The number of nitrogen functional groups attached to an aromatic ring is 1. The van der Waals surface area contributed by atoms with Gasteiger partial charge in [-0.25, -0.2) is 14.8 Å². The second-order valence-electron chi connectivity index (χ2n) is 7.77. The van der Waals surface area contributed by atoms with Crippen LogP contribution in [0.2, 0.25) is 0 Å². The van der Waals surface area contributed by atoms with Crippen LogP contribution in [0.25, 0.3) is 0 Å². The minimum atomic E-state index is -0.251. The summed E-state index contributed by atoms with van der Waals surface area (Å²) in [4.78, 5) is 29.2. The van der Waals surface area contributed by atoms with E-state index in [-0.39, 0.29) is 18.2 Å². The molecule has 1 atom stereocenters. The number of nitrogens with zero attached hydrogens (tertiary/aromatic N) is 5. The SMILES string of the molecule is C[C@@H]1CN(C(=O)OC2CCOCC2)CCN1c1ncc(OCc2ccncc2N)cn1. The fourth-order valence-electron chi connectivity index (χ4n) is 3.69. The summed E-state index contributed by atoms with van der Waals surface area (Å²) in [6.07, 6.45) is 7.80. The number of carbonyl (C=O) groups is 1. The monoisotopic (exact) mass is 428 g/mol. The molecule has 0 radical (unpaired) electrons. The first-order valence-corrected chi connectivity index (χ1v) is 10.5. The van der Waals surface area contributed by atoms with Crippen LogP contribution in [0.15, 0.2) is 30.9 Å². The fourth-order valence-corrected chi connectivity index (χ4v) is 3.69.